The number of nitrogens with zero attached hydrogens (tertiary/aromatic N) is 1. The molecule has 1 aromatic heterocycles. The van der Waals surface area contributed by atoms with E-state index in [0.29, 0.717) is 17.3 Å². The third kappa shape index (κ3) is 3.38. The predicted octanol–water partition coefficient (Wildman–Crippen LogP) is 2.08. The molecule has 2 rings (SSSR count). The van der Waals surface area contributed by atoms with Crippen LogP contribution in [0.25, 0.3) is 6.08 Å². The van der Waals surface area contributed by atoms with Gasteiger partial charge in [-0.15, -0.1) is 0 Å². The Morgan fingerprint density at radius 3 is 2.80 bits per heavy atom. The minimum atomic E-state index is -0.265. The van der Waals surface area contributed by atoms with E-state index in [9.17, 15) is 4.79 Å². The monoisotopic (exact) mass is 273 g/mol. The van der Waals surface area contributed by atoms with Gasteiger partial charge in [0.1, 0.15) is 17.3 Å². The van der Waals surface area contributed by atoms with Crippen molar-refractivity contribution in [2.45, 2.75) is 0 Å². The number of hydrogen-bond acceptors (Lipinski definition) is 4. The fourth-order valence-electron chi connectivity index (χ4n) is 1.64. The first-order valence-corrected chi connectivity index (χ1v) is 5.93. The van der Waals surface area contributed by atoms with Crippen molar-refractivity contribution in [1.29, 1.82) is 0 Å². The van der Waals surface area contributed by atoms with Crippen molar-refractivity contribution in [1.82, 2.24) is 10.2 Å². The molecule has 0 fully saturated rings. The van der Waals surface area contributed by atoms with Gasteiger partial charge < -0.3 is 14.8 Å². The average molecular weight is 273 g/mol. The molecule has 6 nitrogen and oxygen atoms in total. The Kier molecular flexibility index (Phi) is 4.39. The number of aromatic nitrogens is 2. The number of carbonyl (C=O) groups excluding carboxylic acids is 1. The van der Waals surface area contributed by atoms with Gasteiger partial charge in [0.05, 0.1) is 20.4 Å². The Balaban J connectivity index is 2.11. The number of hydrogen-bond donors (Lipinski definition) is 2. The zero-order valence-electron chi connectivity index (χ0n) is 11.2. The first kappa shape index (κ1) is 13.7. The second-order valence-corrected chi connectivity index (χ2v) is 3.90. The van der Waals surface area contributed by atoms with Crippen LogP contribution >= 0.6 is 0 Å². The summed E-state index contributed by atoms with van der Waals surface area (Å²) in [5, 5.41) is 9.03. The normalized spacial score (nSPS) is 10.5. The fourth-order valence-corrected chi connectivity index (χ4v) is 1.64. The first-order valence-electron chi connectivity index (χ1n) is 5.93. The molecule has 2 aromatic rings. The number of nitrogens with one attached hydrogen (secondary N) is 2. The van der Waals surface area contributed by atoms with Crippen LogP contribution in [0.4, 0.5) is 5.82 Å². The summed E-state index contributed by atoms with van der Waals surface area (Å²) in [5.41, 5.74) is 0.756. The molecule has 0 spiro atoms. The minimum absolute atomic E-state index is 0.265. The molecule has 1 heterocycles. The molecule has 0 aliphatic carbocycles. The lowest BCUT2D eigenvalue weighted by Gasteiger charge is -2.07. The summed E-state index contributed by atoms with van der Waals surface area (Å²) in [7, 11) is 3.16. The molecule has 104 valence electrons. The molecule has 2 N–H and O–H groups in total. The number of rotatable bonds is 5. The van der Waals surface area contributed by atoms with Gasteiger partial charge in [-0.3, -0.25) is 9.89 Å². The summed E-state index contributed by atoms with van der Waals surface area (Å²) in [6.45, 7) is 0. The van der Waals surface area contributed by atoms with E-state index in [-0.39, 0.29) is 5.91 Å². The Morgan fingerprint density at radius 2 is 2.15 bits per heavy atom. The van der Waals surface area contributed by atoms with Crippen LogP contribution < -0.4 is 14.8 Å². The molecule has 0 unspecified atom stereocenters. The summed E-state index contributed by atoms with van der Waals surface area (Å²) in [4.78, 5) is 11.7. The first-order chi connectivity index (χ1) is 9.72. The lowest BCUT2D eigenvalue weighted by atomic mass is 10.1. The van der Waals surface area contributed by atoms with Crippen molar-refractivity contribution in [3.05, 3.63) is 42.1 Å². The van der Waals surface area contributed by atoms with Crippen molar-refractivity contribution in [2.24, 2.45) is 0 Å². The molecule has 1 aromatic carbocycles. The largest absolute Gasteiger partial charge is 0.497 e. The van der Waals surface area contributed by atoms with Crippen LogP contribution in [0, 0.1) is 0 Å². The fraction of sp³-hybridized carbons (Fsp3) is 0.143. The van der Waals surface area contributed by atoms with E-state index in [1.54, 1.807) is 50.8 Å². The highest BCUT2D eigenvalue weighted by molar-refractivity contribution is 6.01. The van der Waals surface area contributed by atoms with Gasteiger partial charge in [-0.1, -0.05) is 0 Å². The number of benzene rings is 1. The summed E-state index contributed by atoms with van der Waals surface area (Å²) >= 11 is 0. The Bertz CT molecular complexity index is 606. The van der Waals surface area contributed by atoms with E-state index in [1.165, 1.54) is 6.08 Å². The highest BCUT2D eigenvalue weighted by atomic mass is 16.5. The topological polar surface area (TPSA) is 76.2 Å². The summed E-state index contributed by atoms with van der Waals surface area (Å²) < 4.78 is 10.4. The van der Waals surface area contributed by atoms with Gasteiger partial charge in [0.15, 0.2) is 0 Å². The predicted molar refractivity (Wildman–Crippen MR) is 75.8 cm³/mol. The van der Waals surface area contributed by atoms with Gasteiger partial charge in [-0.2, -0.15) is 5.10 Å². The van der Waals surface area contributed by atoms with Gasteiger partial charge in [-0.25, -0.2) is 0 Å². The molecule has 20 heavy (non-hydrogen) atoms. The van der Waals surface area contributed by atoms with Crippen LogP contribution in [-0.4, -0.2) is 30.3 Å². The van der Waals surface area contributed by atoms with Crippen LogP contribution in [0.3, 0.4) is 0 Å². The van der Waals surface area contributed by atoms with Crippen LogP contribution in [0.2, 0.25) is 0 Å². The van der Waals surface area contributed by atoms with Crippen LogP contribution in [0.5, 0.6) is 11.5 Å². The van der Waals surface area contributed by atoms with Crippen molar-refractivity contribution in [3.63, 3.8) is 0 Å². The molecule has 0 aliphatic rings. The van der Waals surface area contributed by atoms with E-state index in [4.69, 9.17) is 9.47 Å². The smallest absolute Gasteiger partial charge is 0.249 e. The molecule has 0 radical (unpaired) electrons. The standard InChI is InChI=1S/C14H15N3O3/c1-19-11-4-5-12(20-2)10(9-11)3-6-14(18)16-13-7-8-15-17-13/h3-9H,1-2H3,(H2,15,16,17,18)/b6-3+. The zero-order valence-corrected chi connectivity index (χ0v) is 11.2. The maximum Gasteiger partial charge on any atom is 0.249 e. The zero-order chi connectivity index (χ0) is 14.4. The molecule has 0 aliphatic heterocycles. The van der Waals surface area contributed by atoms with Crippen molar-refractivity contribution < 1.29 is 14.3 Å². The molecular weight excluding hydrogens is 258 g/mol. The second-order valence-electron chi connectivity index (χ2n) is 3.90. The quantitative estimate of drug-likeness (QED) is 0.818. The number of methoxy groups -OCH3 is 2. The number of ether oxygens (including phenoxy) is 2. The summed E-state index contributed by atoms with van der Waals surface area (Å²) in [6.07, 6.45) is 4.63. The number of carbonyl (C=O) groups is 1. The van der Waals surface area contributed by atoms with E-state index in [2.05, 4.69) is 15.5 Å². The van der Waals surface area contributed by atoms with Gasteiger partial charge in [0.25, 0.3) is 0 Å². The Morgan fingerprint density at radius 1 is 1.30 bits per heavy atom. The highest BCUT2D eigenvalue weighted by Crippen LogP contribution is 2.25. The molecule has 0 bridgehead atoms. The van der Waals surface area contributed by atoms with E-state index in [0.717, 1.165) is 5.56 Å². The van der Waals surface area contributed by atoms with E-state index in [1.807, 2.05) is 0 Å². The third-order valence-electron chi connectivity index (χ3n) is 2.61. The lowest BCUT2D eigenvalue weighted by Crippen LogP contribution is -2.07. The van der Waals surface area contributed by atoms with Gasteiger partial charge in [0, 0.05) is 17.7 Å². The highest BCUT2D eigenvalue weighted by Gasteiger charge is 2.03. The van der Waals surface area contributed by atoms with Crippen LogP contribution in [-0.2, 0) is 4.79 Å². The van der Waals surface area contributed by atoms with Crippen LogP contribution in [0.1, 0.15) is 5.56 Å². The van der Waals surface area contributed by atoms with Crippen molar-refractivity contribution in [2.75, 3.05) is 19.5 Å². The lowest BCUT2D eigenvalue weighted by molar-refractivity contribution is -0.111. The number of anilines is 1. The van der Waals surface area contributed by atoms with Crippen molar-refractivity contribution >= 4 is 17.8 Å². The van der Waals surface area contributed by atoms with Gasteiger partial charge in [-0.05, 0) is 24.3 Å². The van der Waals surface area contributed by atoms with E-state index < -0.39 is 0 Å². The minimum Gasteiger partial charge on any atom is -0.497 e. The van der Waals surface area contributed by atoms with Gasteiger partial charge in [0.2, 0.25) is 5.91 Å². The molecule has 1 amide bonds. The van der Waals surface area contributed by atoms with E-state index >= 15 is 0 Å². The molecule has 6 heteroatoms. The van der Waals surface area contributed by atoms with Gasteiger partial charge >= 0.3 is 0 Å². The molecule has 0 atom stereocenters. The summed E-state index contributed by atoms with van der Waals surface area (Å²) in [6, 6.07) is 7.03. The van der Waals surface area contributed by atoms with Crippen molar-refractivity contribution in [3.8, 4) is 11.5 Å². The second kappa shape index (κ2) is 6.42. The molecule has 0 saturated carbocycles. The van der Waals surface area contributed by atoms with Crippen LogP contribution in [0.15, 0.2) is 36.5 Å². The maximum atomic E-state index is 11.7. The maximum absolute atomic E-state index is 11.7. The third-order valence-corrected chi connectivity index (χ3v) is 2.61. The average Bonchev–Trinajstić information content (AvgIpc) is 2.97. The Hall–Kier alpha value is -2.76. The number of amides is 1. The molecule has 0 saturated heterocycles. The molecular formula is C14H15N3O3. The number of aromatic amines is 1. The number of H-pyrrole nitrogens is 1. The SMILES string of the molecule is COc1ccc(OC)c(/C=C/C(=O)Nc2ccn[nH]2)c1. The Labute approximate surface area is 116 Å². The summed E-state index contributed by atoms with van der Waals surface area (Å²) in [5.74, 6) is 1.63.